The largest absolute Gasteiger partial charge is 0.490 e. The summed E-state index contributed by atoms with van der Waals surface area (Å²) in [6, 6.07) is 12.9. The number of hydrogen-bond acceptors (Lipinski definition) is 5. The van der Waals surface area contributed by atoms with Crippen molar-refractivity contribution in [2.24, 2.45) is 22.6 Å². The summed E-state index contributed by atoms with van der Waals surface area (Å²) in [5.41, 5.74) is 8.91. The van der Waals surface area contributed by atoms with Crippen LogP contribution >= 0.6 is 0 Å². The second kappa shape index (κ2) is 12.1. The zero-order valence-electron chi connectivity index (χ0n) is 22.5. The number of benzene rings is 2. The molecule has 2 aliphatic heterocycles. The van der Waals surface area contributed by atoms with Gasteiger partial charge in [-0.15, -0.1) is 0 Å². The first kappa shape index (κ1) is 29.1. The lowest BCUT2D eigenvalue weighted by Gasteiger charge is -2.31. The van der Waals surface area contributed by atoms with Crippen LogP contribution in [0.5, 0.6) is 5.75 Å². The summed E-state index contributed by atoms with van der Waals surface area (Å²) in [4.78, 5) is 45.9. The van der Waals surface area contributed by atoms with Crippen LogP contribution in [0.3, 0.4) is 0 Å². The minimum Gasteiger partial charge on any atom is -0.490 e. The molecular weight excluding hydrogens is 525 g/mol. The van der Waals surface area contributed by atoms with Crippen LogP contribution in [0.15, 0.2) is 47.5 Å². The van der Waals surface area contributed by atoms with Crippen molar-refractivity contribution in [1.29, 1.82) is 0 Å². The molecule has 0 saturated heterocycles. The maximum atomic E-state index is 13.8. The quantitative estimate of drug-likeness (QED) is 0.454. The molecule has 4 rings (SSSR count). The highest BCUT2D eigenvalue weighted by atomic mass is 19.4. The Balaban J connectivity index is 1.73. The molecular formula is C29H33F3N4O4. The van der Waals surface area contributed by atoms with Gasteiger partial charge in [-0.25, -0.2) is 4.99 Å². The van der Waals surface area contributed by atoms with E-state index in [1.165, 1.54) is 4.90 Å². The number of primary amides is 1. The van der Waals surface area contributed by atoms with E-state index in [9.17, 15) is 27.6 Å². The number of alkyl halides is 3. The van der Waals surface area contributed by atoms with Crippen molar-refractivity contribution in [1.82, 2.24) is 5.32 Å². The lowest BCUT2D eigenvalue weighted by Crippen LogP contribution is -2.52. The number of nitrogens with two attached hydrogens (primary N) is 1. The van der Waals surface area contributed by atoms with Gasteiger partial charge in [0.1, 0.15) is 12.4 Å². The number of nitrogens with one attached hydrogen (secondary N) is 1. The Kier molecular flexibility index (Phi) is 8.80. The average molecular weight is 559 g/mol. The third-order valence-corrected chi connectivity index (χ3v) is 7.19. The van der Waals surface area contributed by atoms with Gasteiger partial charge in [-0.05, 0) is 38.3 Å². The number of aryl methyl sites for hydroxylation is 1. The van der Waals surface area contributed by atoms with Gasteiger partial charge in [0.25, 0.3) is 5.91 Å². The Morgan fingerprint density at radius 1 is 1.18 bits per heavy atom. The minimum absolute atomic E-state index is 0.212. The number of aliphatic imine (C=N–C) groups is 1. The summed E-state index contributed by atoms with van der Waals surface area (Å²) in [6.07, 6.45) is -6.72. The molecule has 0 aromatic heterocycles. The summed E-state index contributed by atoms with van der Waals surface area (Å²) >= 11 is 0. The monoisotopic (exact) mass is 558 g/mol. The molecule has 0 aliphatic carbocycles. The molecule has 214 valence electrons. The van der Waals surface area contributed by atoms with Crippen molar-refractivity contribution >= 4 is 29.1 Å². The van der Waals surface area contributed by atoms with Gasteiger partial charge in [0, 0.05) is 29.4 Å². The summed E-state index contributed by atoms with van der Waals surface area (Å²) in [6.45, 7) is 4.18. The van der Waals surface area contributed by atoms with Gasteiger partial charge < -0.3 is 20.7 Å². The van der Waals surface area contributed by atoms with Gasteiger partial charge in [0.2, 0.25) is 18.0 Å². The average Bonchev–Trinajstić information content (AvgIpc) is 3.01. The van der Waals surface area contributed by atoms with Crippen molar-refractivity contribution in [3.8, 4) is 5.75 Å². The van der Waals surface area contributed by atoms with Crippen molar-refractivity contribution in [2.75, 3.05) is 18.1 Å². The summed E-state index contributed by atoms with van der Waals surface area (Å²) < 4.78 is 44.5. The van der Waals surface area contributed by atoms with Crippen LogP contribution < -0.4 is 20.7 Å². The molecule has 0 bridgehead atoms. The first-order chi connectivity index (χ1) is 19.0. The number of carbonyl (C=O) groups excluding carboxylic acids is 3. The van der Waals surface area contributed by atoms with Crippen LogP contribution in [-0.2, 0) is 14.4 Å². The molecule has 2 heterocycles. The molecule has 3 N–H and O–H groups in total. The number of hydrogen-bond donors (Lipinski definition) is 2. The first-order valence-electron chi connectivity index (χ1n) is 13.4. The Morgan fingerprint density at radius 2 is 1.93 bits per heavy atom. The van der Waals surface area contributed by atoms with Crippen LogP contribution in [-0.4, -0.2) is 48.9 Å². The molecule has 0 spiro atoms. The van der Waals surface area contributed by atoms with Gasteiger partial charge in [-0.2, -0.15) is 13.2 Å². The molecule has 3 amide bonds. The number of carbonyl (C=O) groups is 3. The van der Waals surface area contributed by atoms with Gasteiger partial charge in [-0.1, -0.05) is 49.2 Å². The molecule has 0 radical (unpaired) electrons. The Morgan fingerprint density at radius 3 is 2.60 bits per heavy atom. The summed E-state index contributed by atoms with van der Waals surface area (Å²) in [7, 11) is 0. The normalized spacial score (nSPS) is 18.1. The van der Waals surface area contributed by atoms with E-state index < -0.39 is 48.3 Å². The molecule has 2 aromatic carbocycles. The lowest BCUT2D eigenvalue weighted by molar-refractivity contribution is -0.140. The number of anilines is 1. The Labute approximate surface area is 230 Å². The second-order valence-electron chi connectivity index (χ2n) is 10.2. The third-order valence-electron chi connectivity index (χ3n) is 7.19. The first-order valence-corrected chi connectivity index (χ1v) is 13.4. The second-order valence-corrected chi connectivity index (χ2v) is 10.2. The molecule has 11 heteroatoms. The van der Waals surface area contributed by atoms with Gasteiger partial charge >= 0.3 is 6.18 Å². The van der Waals surface area contributed by atoms with Crippen molar-refractivity contribution in [3.05, 3.63) is 59.2 Å². The predicted octanol–water partition coefficient (Wildman–Crippen LogP) is 4.26. The zero-order valence-corrected chi connectivity index (χ0v) is 22.5. The standard InChI is InChI=1S/C29H33F3N4O4/c1-3-7-19(25(33)37)20(11-6-13-29(30,31)32)27(38)35-26-28(39)36-14-15-40-22-12-5-10-21(24(22)36)23(34-26)18-9-4-8-17(2)16-18/h4-5,8-10,12,16,19-20,26H,3,6-7,11,13-15H2,1-2H3,(H2,33,37)(H,35,38)/t19-,20+,26+/m0/s1. The maximum Gasteiger partial charge on any atom is 0.389 e. The van der Waals surface area contributed by atoms with E-state index in [0.29, 0.717) is 29.1 Å². The van der Waals surface area contributed by atoms with E-state index in [-0.39, 0.29) is 32.4 Å². The van der Waals surface area contributed by atoms with Crippen LogP contribution in [0.1, 0.15) is 55.7 Å². The van der Waals surface area contributed by atoms with Gasteiger partial charge in [0.15, 0.2) is 0 Å². The molecule has 2 aliphatic rings. The fourth-order valence-corrected chi connectivity index (χ4v) is 5.34. The molecule has 0 fully saturated rings. The van der Waals surface area contributed by atoms with E-state index in [2.05, 4.69) is 5.32 Å². The molecule has 3 atom stereocenters. The molecule has 0 unspecified atom stereocenters. The molecule has 0 saturated carbocycles. The predicted molar refractivity (Wildman–Crippen MR) is 144 cm³/mol. The molecule has 40 heavy (non-hydrogen) atoms. The van der Waals surface area contributed by atoms with E-state index in [4.69, 9.17) is 15.5 Å². The fourth-order valence-electron chi connectivity index (χ4n) is 5.34. The Hall–Kier alpha value is -3.89. The summed E-state index contributed by atoms with van der Waals surface area (Å²) in [5, 5.41) is 2.66. The lowest BCUT2D eigenvalue weighted by atomic mass is 9.83. The summed E-state index contributed by atoms with van der Waals surface area (Å²) in [5.74, 6) is -3.62. The number of nitrogens with zero attached hydrogens (tertiary/aromatic N) is 2. The minimum atomic E-state index is -4.40. The van der Waals surface area contributed by atoms with E-state index in [0.717, 1.165) is 11.1 Å². The number of para-hydroxylation sites is 1. The SMILES string of the molecule is CCC[C@H](C(N)=O)[C@@H](CCCC(F)(F)F)C(=O)N[C@H]1N=C(c2cccc(C)c2)c2cccc3c2N(CCO3)C1=O. The number of rotatable bonds is 10. The highest BCUT2D eigenvalue weighted by Crippen LogP contribution is 2.39. The Bertz CT molecular complexity index is 1310. The maximum absolute atomic E-state index is 13.8. The number of ether oxygens (including phenoxy) is 1. The number of halogens is 3. The van der Waals surface area contributed by atoms with Gasteiger partial charge in [-0.3, -0.25) is 14.4 Å². The van der Waals surface area contributed by atoms with Gasteiger partial charge in [0.05, 0.1) is 17.9 Å². The fraction of sp³-hybridized carbons (Fsp3) is 0.448. The van der Waals surface area contributed by atoms with Crippen molar-refractivity contribution < 1.29 is 32.3 Å². The van der Waals surface area contributed by atoms with Crippen LogP contribution in [0, 0.1) is 18.8 Å². The van der Waals surface area contributed by atoms with E-state index in [1.54, 1.807) is 19.1 Å². The highest BCUT2D eigenvalue weighted by Gasteiger charge is 2.39. The smallest absolute Gasteiger partial charge is 0.389 e. The van der Waals surface area contributed by atoms with Crippen molar-refractivity contribution in [2.45, 2.75) is 58.3 Å². The zero-order chi connectivity index (χ0) is 29.0. The highest BCUT2D eigenvalue weighted by molar-refractivity contribution is 6.21. The van der Waals surface area contributed by atoms with E-state index in [1.807, 2.05) is 37.3 Å². The van der Waals surface area contributed by atoms with Crippen molar-refractivity contribution in [3.63, 3.8) is 0 Å². The van der Waals surface area contributed by atoms with Crippen LogP contribution in [0.25, 0.3) is 0 Å². The topological polar surface area (TPSA) is 114 Å². The third kappa shape index (κ3) is 6.46. The molecule has 8 nitrogen and oxygen atoms in total. The van der Waals surface area contributed by atoms with Crippen LogP contribution in [0.2, 0.25) is 0 Å². The van der Waals surface area contributed by atoms with E-state index >= 15 is 0 Å². The van der Waals surface area contributed by atoms with Crippen LogP contribution in [0.4, 0.5) is 18.9 Å². The molecule has 2 aromatic rings. The number of amides is 3.